The van der Waals surface area contributed by atoms with Crippen molar-refractivity contribution >= 4 is 11.6 Å². The van der Waals surface area contributed by atoms with Gasteiger partial charge < -0.3 is 5.11 Å². The zero-order chi connectivity index (χ0) is 11.1. The Labute approximate surface area is 83.1 Å². The molecule has 3 nitrogen and oxygen atoms in total. The minimum absolute atomic E-state index is 0.165. The van der Waals surface area contributed by atoms with Crippen molar-refractivity contribution in [3.8, 4) is 0 Å². The Morgan fingerprint density at radius 3 is 2.21 bits per heavy atom. The lowest BCUT2D eigenvalue weighted by atomic mass is 10.2. The maximum Gasteiger partial charge on any atom is 0.434 e. The van der Waals surface area contributed by atoms with Crippen LogP contribution in [0.3, 0.4) is 0 Å². The van der Waals surface area contributed by atoms with Crippen LogP contribution in [0.4, 0.5) is 13.2 Å². The van der Waals surface area contributed by atoms with E-state index >= 15 is 0 Å². The van der Waals surface area contributed by atoms with Crippen LogP contribution in [0.2, 0.25) is 5.02 Å². The molecule has 0 amide bonds. The fourth-order valence-corrected chi connectivity index (χ4v) is 1.52. The molecule has 0 saturated carbocycles. The van der Waals surface area contributed by atoms with Crippen molar-refractivity contribution in [1.29, 1.82) is 0 Å². The van der Waals surface area contributed by atoms with E-state index in [0.717, 1.165) is 7.05 Å². The number of alkyl halides is 3. The first-order valence-corrected chi connectivity index (χ1v) is 4.10. The highest BCUT2D eigenvalue weighted by atomic mass is 35.5. The first-order valence-electron chi connectivity index (χ1n) is 3.72. The molecule has 80 valence electrons. The van der Waals surface area contributed by atoms with Crippen LogP contribution in [-0.4, -0.2) is 14.9 Å². The van der Waals surface area contributed by atoms with Crippen LogP contribution in [-0.2, 0) is 13.2 Å². The van der Waals surface area contributed by atoms with E-state index in [0.29, 0.717) is 4.68 Å². The number of nitrogens with zero attached hydrogens (tertiary/aromatic N) is 2. The number of hydrogen-bond acceptors (Lipinski definition) is 2. The van der Waals surface area contributed by atoms with Gasteiger partial charge in [0.25, 0.3) is 0 Å². The SMILES string of the molecule is CC(O)c1nn(C)c(C(F)(F)F)c1Cl. The molecule has 1 aromatic rings. The summed E-state index contributed by atoms with van der Waals surface area (Å²) in [6.07, 6.45) is -5.68. The van der Waals surface area contributed by atoms with Crippen molar-refractivity contribution in [2.45, 2.75) is 19.2 Å². The van der Waals surface area contributed by atoms with Crippen LogP contribution < -0.4 is 0 Å². The molecule has 1 N–H and O–H groups in total. The molecule has 1 unspecified atom stereocenters. The third-order valence-electron chi connectivity index (χ3n) is 1.68. The van der Waals surface area contributed by atoms with Crippen LogP contribution in [0.1, 0.15) is 24.4 Å². The maximum absolute atomic E-state index is 12.4. The molecule has 0 bridgehead atoms. The van der Waals surface area contributed by atoms with Crippen LogP contribution in [0.25, 0.3) is 0 Å². The summed E-state index contributed by atoms with van der Waals surface area (Å²) in [6.45, 7) is 1.30. The molecule has 0 spiro atoms. The van der Waals surface area contributed by atoms with Crippen LogP contribution in [0, 0.1) is 0 Å². The molecule has 0 aliphatic rings. The average molecular weight is 229 g/mol. The minimum Gasteiger partial charge on any atom is -0.387 e. The monoisotopic (exact) mass is 228 g/mol. The first kappa shape index (κ1) is 11.3. The molecule has 0 saturated heterocycles. The Morgan fingerprint density at radius 1 is 1.50 bits per heavy atom. The normalized spacial score (nSPS) is 14.5. The summed E-state index contributed by atoms with van der Waals surface area (Å²) in [5.41, 5.74) is -1.21. The van der Waals surface area contributed by atoms with E-state index in [1.807, 2.05) is 0 Å². The molecule has 1 heterocycles. The average Bonchev–Trinajstić information content (AvgIpc) is 2.24. The van der Waals surface area contributed by atoms with Crippen molar-refractivity contribution in [3.05, 3.63) is 16.4 Å². The van der Waals surface area contributed by atoms with E-state index in [9.17, 15) is 13.2 Å². The van der Waals surface area contributed by atoms with Gasteiger partial charge in [-0.05, 0) is 6.92 Å². The predicted molar refractivity (Wildman–Crippen MR) is 43.9 cm³/mol. The number of aliphatic hydroxyl groups is 1. The van der Waals surface area contributed by atoms with Gasteiger partial charge in [-0.15, -0.1) is 0 Å². The molecule has 0 aliphatic carbocycles. The summed E-state index contributed by atoms with van der Waals surface area (Å²) in [6, 6.07) is 0. The van der Waals surface area contributed by atoms with E-state index in [2.05, 4.69) is 5.10 Å². The van der Waals surface area contributed by atoms with Gasteiger partial charge in [0.05, 0.1) is 11.1 Å². The van der Waals surface area contributed by atoms with Gasteiger partial charge in [-0.2, -0.15) is 18.3 Å². The zero-order valence-electron chi connectivity index (χ0n) is 7.43. The minimum atomic E-state index is -4.56. The lowest BCUT2D eigenvalue weighted by Crippen LogP contribution is -2.12. The Bertz CT molecular complexity index is 345. The summed E-state index contributed by atoms with van der Waals surface area (Å²) in [5, 5.41) is 12.0. The molecule has 1 rings (SSSR count). The molecular weight excluding hydrogens is 221 g/mol. The van der Waals surface area contributed by atoms with Crippen molar-refractivity contribution in [1.82, 2.24) is 9.78 Å². The smallest absolute Gasteiger partial charge is 0.387 e. The molecule has 7 heteroatoms. The highest BCUT2D eigenvalue weighted by molar-refractivity contribution is 6.32. The van der Waals surface area contributed by atoms with Crippen molar-refractivity contribution in [2.75, 3.05) is 0 Å². The van der Waals surface area contributed by atoms with Crippen molar-refractivity contribution < 1.29 is 18.3 Å². The van der Waals surface area contributed by atoms with Gasteiger partial charge in [-0.1, -0.05) is 11.6 Å². The molecule has 14 heavy (non-hydrogen) atoms. The zero-order valence-corrected chi connectivity index (χ0v) is 8.19. The fraction of sp³-hybridized carbons (Fsp3) is 0.571. The van der Waals surface area contributed by atoms with E-state index < -0.39 is 23.0 Å². The van der Waals surface area contributed by atoms with E-state index in [1.165, 1.54) is 6.92 Å². The van der Waals surface area contributed by atoms with Gasteiger partial charge in [0.1, 0.15) is 5.69 Å². The van der Waals surface area contributed by atoms with Gasteiger partial charge in [0, 0.05) is 7.05 Å². The highest BCUT2D eigenvalue weighted by Gasteiger charge is 2.39. The summed E-state index contributed by atoms with van der Waals surface area (Å²) in [7, 11) is 1.13. The molecule has 0 radical (unpaired) electrons. The predicted octanol–water partition coefficient (Wildman–Crippen LogP) is 2.15. The molecular formula is C7H8ClF3N2O. The number of aliphatic hydroxyl groups excluding tert-OH is 1. The Kier molecular flexibility index (Phi) is 2.78. The molecule has 0 fully saturated rings. The molecule has 1 aromatic heterocycles. The third kappa shape index (κ3) is 1.85. The second kappa shape index (κ2) is 3.43. The van der Waals surface area contributed by atoms with Crippen LogP contribution in [0.5, 0.6) is 0 Å². The second-order valence-corrected chi connectivity index (χ2v) is 3.22. The van der Waals surface area contributed by atoms with Crippen LogP contribution >= 0.6 is 11.6 Å². The lowest BCUT2D eigenvalue weighted by Gasteiger charge is -2.06. The summed E-state index contributed by atoms with van der Waals surface area (Å²) < 4.78 is 37.7. The Balaban J connectivity index is 3.33. The van der Waals surface area contributed by atoms with Gasteiger partial charge in [-0.3, -0.25) is 4.68 Å². The third-order valence-corrected chi connectivity index (χ3v) is 2.05. The fourth-order valence-electron chi connectivity index (χ4n) is 1.09. The number of rotatable bonds is 1. The highest BCUT2D eigenvalue weighted by Crippen LogP contribution is 2.37. The Morgan fingerprint density at radius 2 is 2.00 bits per heavy atom. The lowest BCUT2D eigenvalue weighted by molar-refractivity contribution is -0.143. The van der Waals surface area contributed by atoms with Gasteiger partial charge in [0.2, 0.25) is 0 Å². The standard InChI is InChI=1S/C7H8ClF3N2O/c1-3(14)5-4(8)6(7(9,10)11)13(2)12-5/h3,14H,1-2H3. The van der Waals surface area contributed by atoms with Gasteiger partial charge >= 0.3 is 6.18 Å². The quantitative estimate of drug-likeness (QED) is 0.800. The van der Waals surface area contributed by atoms with E-state index in [4.69, 9.17) is 16.7 Å². The molecule has 0 aromatic carbocycles. The number of hydrogen-bond donors (Lipinski definition) is 1. The first-order chi connectivity index (χ1) is 6.25. The summed E-state index contributed by atoms with van der Waals surface area (Å²) in [4.78, 5) is 0. The number of halogens is 4. The summed E-state index contributed by atoms with van der Waals surface area (Å²) >= 11 is 5.45. The van der Waals surface area contributed by atoms with Crippen LogP contribution in [0.15, 0.2) is 0 Å². The second-order valence-electron chi connectivity index (χ2n) is 2.85. The number of aryl methyl sites for hydroxylation is 1. The maximum atomic E-state index is 12.4. The van der Waals surface area contributed by atoms with E-state index in [-0.39, 0.29) is 5.69 Å². The topological polar surface area (TPSA) is 38.1 Å². The molecule has 1 atom stereocenters. The van der Waals surface area contributed by atoms with Crippen molar-refractivity contribution in [2.24, 2.45) is 7.05 Å². The van der Waals surface area contributed by atoms with E-state index in [1.54, 1.807) is 0 Å². The summed E-state index contributed by atoms with van der Waals surface area (Å²) in [5.74, 6) is 0. The van der Waals surface area contributed by atoms with Gasteiger partial charge in [0.15, 0.2) is 5.69 Å². The Hall–Kier alpha value is -0.750. The number of aromatic nitrogens is 2. The van der Waals surface area contributed by atoms with Crippen molar-refractivity contribution in [3.63, 3.8) is 0 Å². The van der Waals surface area contributed by atoms with Gasteiger partial charge in [-0.25, -0.2) is 0 Å². The largest absolute Gasteiger partial charge is 0.434 e. The molecule has 0 aliphatic heterocycles.